The van der Waals surface area contributed by atoms with Crippen molar-refractivity contribution in [1.29, 1.82) is 0 Å². The maximum atomic E-state index is 5.61. The number of thioether (sulfide) groups is 1. The highest BCUT2D eigenvalue weighted by atomic mass is 32.2. The van der Waals surface area contributed by atoms with Crippen LogP contribution in [0.25, 0.3) is 0 Å². The Balaban J connectivity index is 1.58. The molecule has 0 radical (unpaired) electrons. The zero-order valence-electron chi connectivity index (χ0n) is 17.1. The molecule has 3 atom stereocenters. The average molecular weight is 407 g/mol. The summed E-state index contributed by atoms with van der Waals surface area (Å²) in [6.45, 7) is 7.44. The number of aromatic nitrogens is 2. The fraction of sp³-hybridized carbons (Fsp3) is 0.391. The van der Waals surface area contributed by atoms with Crippen LogP contribution in [0.3, 0.4) is 0 Å². The van der Waals surface area contributed by atoms with Gasteiger partial charge in [0.05, 0.1) is 24.5 Å². The molecule has 0 spiro atoms. The van der Waals surface area contributed by atoms with E-state index >= 15 is 0 Å². The summed E-state index contributed by atoms with van der Waals surface area (Å²) in [7, 11) is 0. The van der Waals surface area contributed by atoms with Gasteiger partial charge in [0.15, 0.2) is 5.17 Å². The van der Waals surface area contributed by atoms with E-state index in [4.69, 9.17) is 9.41 Å². The quantitative estimate of drug-likeness (QED) is 0.590. The number of fused-ring (bicyclic) bond motifs is 1. The van der Waals surface area contributed by atoms with Gasteiger partial charge in [-0.25, -0.2) is 0 Å². The topological polar surface area (TPSA) is 46.6 Å². The first kappa shape index (κ1) is 18.6. The average Bonchev–Trinajstić information content (AvgIpc) is 3.50. The lowest BCUT2D eigenvalue weighted by Gasteiger charge is -2.32. The highest BCUT2D eigenvalue weighted by Gasteiger charge is 2.46. The number of nitrogens with zero attached hydrogens (tertiary/aromatic N) is 4. The summed E-state index contributed by atoms with van der Waals surface area (Å²) in [6.07, 6.45) is 4.75. The van der Waals surface area contributed by atoms with Gasteiger partial charge in [-0.3, -0.25) is 9.98 Å². The van der Waals surface area contributed by atoms with Crippen LogP contribution in [0.2, 0.25) is 0 Å². The predicted molar refractivity (Wildman–Crippen MR) is 117 cm³/mol. The van der Waals surface area contributed by atoms with Gasteiger partial charge in [0, 0.05) is 29.4 Å². The first-order valence-corrected chi connectivity index (χ1v) is 11.2. The molecular weight excluding hydrogens is 380 g/mol. The van der Waals surface area contributed by atoms with E-state index in [1.165, 1.54) is 22.1 Å². The van der Waals surface area contributed by atoms with E-state index in [1.807, 2.05) is 36.2 Å². The van der Waals surface area contributed by atoms with E-state index in [0.29, 0.717) is 6.04 Å². The Bertz CT molecular complexity index is 1020. The molecule has 1 fully saturated rings. The van der Waals surface area contributed by atoms with Crippen LogP contribution in [0.15, 0.2) is 58.3 Å². The van der Waals surface area contributed by atoms with E-state index in [-0.39, 0.29) is 12.1 Å². The summed E-state index contributed by atoms with van der Waals surface area (Å²) in [6, 6.07) is 13.2. The highest BCUT2D eigenvalue weighted by molar-refractivity contribution is 8.14. The molecule has 0 aliphatic carbocycles. The van der Waals surface area contributed by atoms with Crippen molar-refractivity contribution in [2.45, 2.75) is 51.9 Å². The normalized spacial score (nSPS) is 23.5. The Kier molecular flexibility index (Phi) is 4.74. The van der Waals surface area contributed by atoms with E-state index < -0.39 is 0 Å². The molecule has 2 aliphatic rings. The monoisotopic (exact) mass is 406 g/mol. The molecule has 29 heavy (non-hydrogen) atoms. The summed E-state index contributed by atoms with van der Waals surface area (Å²) in [5, 5.41) is 1.17. The highest BCUT2D eigenvalue weighted by Crippen LogP contribution is 2.49. The lowest BCUT2D eigenvalue weighted by atomic mass is 9.95. The molecule has 0 amide bonds. The lowest BCUT2D eigenvalue weighted by Crippen LogP contribution is -2.35. The Morgan fingerprint density at radius 3 is 2.83 bits per heavy atom. The second-order valence-corrected chi connectivity index (χ2v) is 8.82. The van der Waals surface area contributed by atoms with E-state index in [1.54, 1.807) is 6.26 Å². The summed E-state index contributed by atoms with van der Waals surface area (Å²) < 4.78 is 7.96. The minimum absolute atomic E-state index is 0.0330. The number of pyridine rings is 1. The summed E-state index contributed by atoms with van der Waals surface area (Å²) in [5.74, 6) is 2.09. The van der Waals surface area contributed by atoms with E-state index in [2.05, 4.69) is 53.4 Å². The van der Waals surface area contributed by atoms with Gasteiger partial charge in [-0.1, -0.05) is 24.8 Å². The molecule has 0 N–H and O–H groups in total. The van der Waals surface area contributed by atoms with Crippen molar-refractivity contribution >= 4 is 16.9 Å². The van der Waals surface area contributed by atoms with Crippen LogP contribution in [0.1, 0.15) is 53.8 Å². The van der Waals surface area contributed by atoms with Gasteiger partial charge in [0.1, 0.15) is 11.8 Å². The number of hydrogen-bond donors (Lipinski definition) is 0. The van der Waals surface area contributed by atoms with E-state index in [0.717, 1.165) is 30.2 Å². The molecule has 3 aromatic rings. The number of aryl methyl sites for hydroxylation is 1. The Hall–Kier alpha value is -2.47. The second kappa shape index (κ2) is 7.41. The third-order valence-corrected chi connectivity index (χ3v) is 7.28. The molecule has 150 valence electrons. The third kappa shape index (κ3) is 3.10. The Labute approximate surface area is 175 Å². The van der Waals surface area contributed by atoms with Gasteiger partial charge < -0.3 is 13.9 Å². The largest absolute Gasteiger partial charge is 0.467 e. The van der Waals surface area contributed by atoms with Gasteiger partial charge in [0.25, 0.3) is 0 Å². The van der Waals surface area contributed by atoms with Crippen LogP contribution in [0, 0.1) is 13.8 Å². The number of rotatable bonds is 5. The van der Waals surface area contributed by atoms with Crippen LogP contribution in [-0.2, 0) is 6.54 Å². The third-order valence-electron chi connectivity index (χ3n) is 6.15. The summed E-state index contributed by atoms with van der Waals surface area (Å²) in [5.41, 5.74) is 4.94. The van der Waals surface area contributed by atoms with Gasteiger partial charge >= 0.3 is 0 Å². The minimum atomic E-state index is 0.0330. The molecule has 5 rings (SSSR count). The molecule has 2 aliphatic heterocycles. The van der Waals surface area contributed by atoms with Crippen molar-refractivity contribution in [3.05, 3.63) is 77.3 Å². The van der Waals surface area contributed by atoms with Crippen molar-refractivity contribution in [1.82, 2.24) is 14.5 Å². The van der Waals surface area contributed by atoms with Crippen molar-refractivity contribution in [2.75, 3.05) is 5.75 Å². The summed E-state index contributed by atoms with van der Waals surface area (Å²) in [4.78, 5) is 12.4. The summed E-state index contributed by atoms with van der Waals surface area (Å²) >= 11 is 1.89. The van der Waals surface area contributed by atoms with Gasteiger partial charge in [0.2, 0.25) is 0 Å². The molecule has 0 aromatic carbocycles. The smallest absolute Gasteiger partial charge is 0.160 e. The maximum absolute atomic E-state index is 5.61. The number of aliphatic imine (C=N–C) groups is 1. The molecule has 0 saturated carbocycles. The standard InChI is InChI=1S/C23H26N4OS/c1-4-17-14-29-23-25-21(20-9-5-6-10-24-20)22(27(17)23)19-12-15(2)26(16(19)3)13-18-8-7-11-28-18/h5-12,17,21-22H,4,13-14H2,1-3H3/t17-,21+,22-/m1/s1. The first-order chi connectivity index (χ1) is 14.2. The Morgan fingerprint density at radius 2 is 2.10 bits per heavy atom. The molecule has 6 heteroatoms. The SMILES string of the molecule is CC[C@@H]1CSC2=N[C@@H](c3ccccn3)[C@@H](c3cc(C)n(Cc4ccco4)c3C)N21. The first-order valence-electron chi connectivity index (χ1n) is 10.3. The maximum Gasteiger partial charge on any atom is 0.160 e. The molecule has 5 heterocycles. The van der Waals surface area contributed by atoms with Crippen molar-refractivity contribution < 1.29 is 4.42 Å². The Morgan fingerprint density at radius 1 is 1.21 bits per heavy atom. The number of hydrogen-bond acceptors (Lipinski definition) is 5. The van der Waals surface area contributed by atoms with E-state index in [9.17, 15) is 0 Å². The molecule has 5 nitrogen and oxygen atoms in total. The van der Waals surface area contributed by atoms with Crippen LogP contribution in [0.5, 0.6) is 0 Å². The van der Waals surface area contributed by atoms with Crippen LogP contribution < -0.4 is 0 Å². The predicted octanol–water partition coefficient (Wildman–Crippen LogP) is 5.12. The van der Waals surface area contributed by atoms with Gasteiger partial charge in [-0.2, -0.15) is 0 Å². The number of amidine groups is 1. The van der Waals surface area contributed by atoms with Gasteiger partial charge in [-0.15, -0.1) is 0 Å². The zero-order chi connectivity index (χ0) is 20.0. The van der Waals surface area contributed by atoms with Crippen molar-refractivity contribution in [3.8, 4) is 0 Å². The van der Waals surface area contributed by atoms with Gasteiger partial charge in [-0.05, 0) is 56.2 Å². The molecule has 0 unspecified atom stereocenters. The molecule has 1 saturated heterocycles. The lowest BCUT2D eigenvalue weighted by molar-refractivity contribution is 0.254. The molecular formula is C23H26N4OS. The second-order valence-electron chi connectivity index (χ2n) is 7.83. The fourth-order valence-corrected chi connectivity index (χ4v) is 5.95. The van der Waals surface area contributed by atoms with Crippen molar-refractivity contribution in [2.24, 2.45) is 4.99 Å². The van der Waals surface area contributed by atoms with Crippen LogP contribution in [-0.4, -0.2) is 31.4 Å². The van der Waals surface area contributed by atoms with Crippen LogP contribution in [0.4, 0.5) is 0 Å². The van der Waals surface area contributed by atoms with Crippen LogP contribution >= 0.6 is 11.8 Å². The van der Waals surface area contributed by atoms with Crippen molar-refractivity contribution in [3.63, 3.8) is 0 Å². The number of furan rings is 1. The molecule has 3 aromatic heterocycles. The molecule has 0 bridgehead atoms. The zero-order valence-corrected chi connectivity index (χ0v) is 17.9. The fourth-order valence-electron chi connectivity index (χ4n) is 4.62. The minimum Gasteiger partial charge on any atom is -0.467 e.